The molecule has 4 aromatic rings. The van der Waals surface area contributed by atoms with Crippen molar-refractivity contribution < 1.29 is 32.6 Å². The fourth-order valence-electron chi connectivity index (χ4n) is 4.72. The highest BCUT2D eigenvalue weighted by molar-refractivity contribution is 5.94. The van der Waals surface area contributed by atoms with E-state index in [1.54, 1.807) is 0 Å². The molecule has 0 aliphatic carbocycles. The minimum Gasteiger partial charge on any atom is -0.388 e. The monoisotopic (exact) mass is 559 g/mol. The number of benzene rings is 2. The number of aliphatic hydroxyl groups is 2. The van der Waals surface area contributed by atoms with Crippen molar-refractivity contribution in [3.05, 3.63) is 88.4 Å². The standard InChI is InChI=1S/C27H25F4N5O4/c1-25(39,27(29,30)31)18-4-2-17(3-5-18)23(37)34-12-10-26(40,11-13-34)15-35-16-32-22-21(24(35)38)14-33-36(22)20-8-6-19(28)7-9-20/h2-9,14,16,39-40H,10-13,15H2,1H3. The molecule has 3 heterocycles. The average molecular weight is 560 g/mol. The smallest absolute Gasteiger partial charge is 0.388 e. The number of carbonyl (C=O) groups excluding carboxylic acids is 1. The van der Waals surface area contributed by atoms with E-state index in [1.165, 1.54) is 63.1 Å². The molecule has 1 atom stereocenters. The maximum absolute atomic E-state index is 13.3. The van der Waals surface area contributed by atoms with Crippen LogP contribution in [-0.4, -0.2) is 65.2 Å². The average Bonchev–Trinajstić information content (AvgIpc) is 3.35. The molecular weight excluding hydrogens is 534 g/mol. The zero-order chi connectivity index (χ0) is 28.9. The van der Waals surface area contributed by atoms with E-state index in [-0.39, 0.29) is 54.6 Å². The van der Waals surface area contributed by atoms with E-state index in [2.05, 4.69) is 10.1 Å². The molecule has 1 unspecified atom stereocenters. The van der Waals surface area contributed by atoms with Crippen LogP contribution >= 0.6 is 0 Å². The van der Waals surface area contributed by atoms with Crippen LogP contribution in [0.3, 0.4) is 0 Å². The van der Waals surface area contributed by atoms with E-state index in [0.717, 1.165) is 12.1 Å². The van der Waals surface area contributed by atoms with Crippen LogP contribution in [0.25, 0.3) is 16.7 Å². The zero-order valence-corrected chi connectivity index (χ0v) is 21.3. The molecule has 2 aromatic carbocycles. The lowest BCUT2D eigenvalue weighted by molar-refractivity contribution is -0.258. The van der Waals surface area contributed by atoms with Crippen molar-refractivity contribution in [2.75, 3.05) is 13.1 Å². The molecule has 0 spiro atoms. The number of fused-ring (bicyclic) bond motifs is 1. The van der Waals surface area contributed by atoms with Gasteiger partial charge in [-0.15, -0.1) is 0 Å². The Kier molecular flexibility index (Phi) is 6.74. The molecule has 0 bridgehead atoms. The van der Waals surface area contributed by atoms with E-state index in [4.69, 9.17) is 0 Å². The lowest BCUT2D eigenvalue weighted by atomic mass is 9.90. The molecule has 9 nitrogen and oxygen atoms in total. The van der Waals surface area contributed by atoms with Crippen LogP contribution in [-0.2, 0) is 12.1 Å². The van der Waals surface area contributed by atoms with Crippen molar-refractivity contribution in [2.24, 2.45) is 0 Å². The van der Waals surface area contributed by atoms with Crippen molar-refractivity contribution >= 4 is 16.9 Å². The highest BCUT2D eigenvalue weighted by Gasteiger charge is 2.51. The van der Waals surface area contributed by atoms with Gasteiger partial charge in [0.05, 0.1) is 24.0 Å². The summed E-state index contributed by atoms with van der Waals surface area (Å²) in [5.74, 6) is -0.835. The fraction of sp³-hybridized carbons (Fsp3) is 0.333. The molecule has 0 saturated carbocycles. The molecule has 210 valence electrons. The number of alkyl halides is 3. The molecule has 1 amide bonds. The highest BCUT2D eigenvalue weighted by atomic mass is 19.4. The number of amides is 1. The van der Waals surface area contributed by atoms with Gasteiger partial charge in [-0.2, -0.15) is 18.3 Å². The molecule has 0 radical (unpaired) electrons. The lowest BCUT2D eigenvalue weighted by Crippen LogP contribution is -2.49. The van der Waals surface area contributed by atoms with E-state index in [9.17, 15) is 37.4 Å². The van der Waals surface area contributed by atoms with E-state index >= 15 is 0 Å². The highest BCUT2D eigenvalue weighted by Crippen LogP contribution is 2.38. The second-order valence-corrected chi connectivity index (χ2v) is 10.1. The third kappa shape index (κ3) is 4.97. The zero-order valence-electron chi connectivity index (χ0n) is 21.3. The number of nitrogens with zero attached hydrogens (tertiary/aromatic N) is 5. The lowest BCUT2D eigenvalue weighted by Gasteiger charge is -2.38. The van der Waals surface area contributed by atoms with Gasteiger partial charge in [-0.3, -0.25) is 14.2 Å². The van der Waals surface area contributed by atoms with Gasteiger partial charge in [0.2, 0.25) is 0 Å². The van der Waals surface area contributed by atoms with Crippen LogP contribution in [0.15, 0.2) is 65.8 Å². The van der Waals surface area contributed by atoms with Gasteiger partial charge >= 0.3 is 6.18 Å². The van der Waals surface area contributed by atoms with Gasteiger partial charge in [-0.05, 0) is 61.7 Å². The third-order valence-electron chi connectivity index (χ3n) is 7.32. The molecule has 13 heteroatoms. The molecule has 2 N–H and O–H groups in total. The number of halogens is 4. The maximum atomic E-state index is 13.3. The Labute approximate surface area is 224 Å². The first-order valence-corrected chi connectivity index (χ1v) is 12.4. The Morgan fingerprint density at radius 2 is 1.68 bits per heavy atom. The Morgan fingerprint density at radius 3 is 2.27 bits per heavy atom. The van der Waals surface area contributed by atoms with E-state index in [1.807, 2.05) is 0 Å². The predicted octanol–water partition coefficient (Wildman–Crippen LogP) is 3.16. The Morgan fingerprint density at radius 1 is 1.05 bits per heavy atom. The van der Waals surface area contributed by atoms with Crippen LogP contribution in [0, 0.1) is 5.82 Å². The Balaban J connectivity index is 1.26. The summed E-state index contributed by atoms with van der Waals surface area (Å²) in [5.41, 5.74) is -4.20. The molecule has 1 aliphatic rings. The van der Waals surface area contributed by atoms with Crippen LogP contribution in [0.5, 0.6) is 0 Å². The van der Waals surface area contributed by atoms with Crippen molar-refractivity contribution in [1.82, 2.24) is 24.2 Å². The summed E-state index contributed by atoms with van der Waals surface area (Å²) >= 11 is 0. The van der Waals surface area contributed by atoms with Gasteiger partial charge < -0.3 is 15.1 Å². The van der Waals surface area contributed by atoms with Crippen molar-refractivity contribution in [3.8, 4) is 5.69 Å². The molecule has 1 aliphatic heterocycles. The molecule has 2 aromatic heterocycles. The summed E-state index contributed by atoms with van der Waals surface area (Å²) in [6.07, 6.45) is -1.91. The van der Waals surface area contributed by atoms with E-state index in [0.29, 0.717) is 12.6 Å². The van der Waals surface area contributed by atoms with Gasteiger partial charge in [0, 0.05) is 18.7 Å². The molecule has 40 heavy (non-hydrogen) atoms. The largest absolute Gasteiger partial charge is 0.421 e. The third-order valence-corrected chi connectivity index (χ3v) is 7.32. The normalized spacial score (nSPS) is 17.1. The summed E-state index contributed by atoms with van der Waals surface area (Å²) < 4.78 is 55.2. The summed E-state index contributed by atoms with van der Waals surface area (Å²) in [7, 11) is 0. The topological polar surface area (TPSA) is 113 Å². The molecule has 1 fully saturated rings. The quantitative estimate of drug-likeness (QED) is 0.364. The number of likely N-dealkylation sites (tertiary alicyclic amines) is 1. The first kappa shape index (κ1) is 27.5. The van der Waals surface area contributed by atoms with Crippen molar-refractivity contribution in [1.29, 1.82) is 0 Å². The first-order valence-electron chi connectivity index (χ1n) is 12.4. The number of hydrogen-bond donors (Lipinski definition) is 2. The van der Waals surface area contributed by atoms with Gasteiger partial charge in [0.15, 0.2) is 11.2 Å². The summed E-state index contributed by atoms with van der Waals surface area (Å²) in [6, 6.07) is 10.1. The fourth-order valence-corrected chi connectivity index (χ4v) is 4.72. The molecule has 1 saturated heterocycles. The second-order valence-electron chi connectivity index (χ2n) is 10.1. The van der Waals surface area contributed by atoms with Crippen molar-refractivity contribution in [2.45, 2.75) is 43.7 Å². The molecule has 5 rings (SSSR count). The predicted molar refractivity (Wildman–Crippen MR) is 135 cm³/mol. The minimum atomic E-state index is -4.87. The maximum Gasteiger partial charge on any atom is 0.421 e. The van der Waals surface area contributed by atoms with Crippen molar-refractivity contribution in [3.63, 3.8) is 0 Å². The Hall–Kier alpha value is -4.10. The number of carbonyl (C=O) groups is 1. The van der Waals surface area contributed by atoms with Gasteiger partial charge in [0.1, 0.15) is 17.5 Å². The summed E-state index contributed by atoms with van der Waals surface area (Å²) in [5, 5.41) is 25.4. The Bertz CT molecular complexity index is 1600. The summed E-state index contributed by atoms with van der Waals surface area (Å²) in [6.45, 7) is 0.889. The summed E-state index contributed by atoms with van der Waals surface area (Å²) in [4.78, 5) is 31.8. The number of rotatable bonds is 5. The number of aromatic nitrogens is 4. The molecular formula is C27H25F4N5O4. The number of hydrogen-bond acceptors (Lipinski definition) is 6. The van der Waals surface area contributed by atoms with E-state index < -0.39 is 34.7 Å². The van der Waals surface area contributed by atoms with Crippen LogP contribution in [0.4, 0.5) is 17.6 Å². The second kappa shape index (κ2) is 9.82. The first-order chi connectivity index (χ1) is 18.8. The van der Waals surface area contributed by atoms with Crippen LogP contribution < -0.4 is 5.56 Å². The van der Waals surface area contributed by atoms with Crippen LogP contribution in [0.2, 0.25) is 0 Å². The van der Waals surface area contributed by atoms with Crippen LogP contribution in [0.1, 0.15) is 35.7 Å². The number of piperidine rings is 1. The SMILES string of the molecule is CC(O)(c1ccc(C(=O)N2CCC(O)(Cn3cnc4c(cnn4-c4ccc(F)cc4)c3=O)CC2)cc1)C(F)(F)F. The van der Waals surface area contributed by atoms with Gasteiger partial charge in [-0.1, -0.05) is 12.1 Å². The minimum absolute atomic E-state index is 0.0697. The van der Waals surface area contributed by atoms with Gasteiger partial charge in [-0.25, -0.2) is 14.1 Å². The van der Waals surface area contributed by atoms with Gasteiger partial charge in [0.25, 0.3) is 11.5 Å².